The fourth-order valence-corrected chi connectivity index (χ4v) is 3.39. The summed E-state index contributed by atoms with van der Waals surface area (Å²) in [6.45, 7) is 1.94. The number of phenols is 1. The molecule has 2 aromatic carbocycles. The predicted octanol–water partition coefficient (Wildman–Crippen LogP) is 6.06. The summed E-state index contributed by atoms with van der Waals surface area (Å²) in [5, 5.41) is 13.3. The SMILES string of the molecule is CCCC(=O)Nc1ccc(Cl)c(N=Cc2cc(Br)cc(Br)c2O)c1. The second-order valence-electron chi connectivity index (χ2n) is 5.05. The van der Waals surface area contributed by atoms with Crippen LogP contribution < -0.4 is 5.32 Å². The van der Waals surface area contributed by atoms with Crippen LogP contribution in [0.3, 0.4) is 0 Å². The zero-order valence-corrected chi connectivity index (χ0v) is 16.7. The van der Waals surface area contributed by atoms with Gasteiger partial charge in [0.15, 0.2) is 0 Å². The van der Waals surface area contributed by atoms with Crippen LogP contribution in [0.2, 0.25) is 5.02 Å². The smallest absolute Gasteiger partial charge is 0.224 e. The zero-order chi connectivity index (χ0) is 17.7. The van der Waals surface area contributed by atoms with Gasteiger partial charge in [-0.1, -0.05) is 34.5 Å². The fraction of sp³-hybridized carbons (Fsp3) is 0.176. The van der Waals surface area contributed by atoms with E-state index < -0.39 is 0 Å². The van der Waals surface area contributed by atoms with Crippen LogP contribution >= 0.6 is 43.5 Å². The number of hydrogen-bond donors (Lipinski definition) is 2. The largest absolute Gasteiger partial charge is 0.506 e. The van der Waals surface area contributed by atoms with Gasteiger partial charge in [0.05, 0.1) is 15.2 Å². The highest BCUT2D eigenvalue weighted by Crippen LogP contribution is 2.32. The monoisotopic (exact) mass is 472 g/mol. The van der Waals surface area contributed by atoms with E-state index in [1.54, 1.807) is 30.3 Å². The van der Waals surface area contributed by atoms with Crippen LogP contribution in [-0.2, 0) is 4.79 Å². The molecule has 0 atom stereocenters. The van der Waals surface area contributed by atoms with Crippen molar-refractivity contribution in [2.45, 2.75) is 19.8 Å². The van der Waals surface area contributed by atoms with E-state index >= 15 is 0 Å². The van der Waals surface area contributed by atoms with E-state index in [4.69, 9.17) is 11.6 Å². The molecule has 0 saturated carbocycles. The molecular weight excluding hydrogens is 459 g/mol. The molecule has 126 valence electrons. The molecule has 4 nitrogen and oxygen atoms in total. The van der Waals surface area contributed by atoms with Gasteiger partial charge in [-0.15, -0.1) is 0 Å². The lowest BCUT2D eigenvalue weighted by Crippen LogP contribution is -2.10. The van der Waals surface area contributed by atoms with Crippen molar-refractivity contribution in [1.29, 1.82) is 0 Å². The van der Waals surface area contributed by atoms with E-state index in [2.05, 4.69) is 42.2 Å². The quantitative estimate of drug-likeness (QED) is 0.518. The van der Waals surface area contributed by atoms with Gasteiger partial charge in [0.2, 0.25) is 5.91 Å². The molecule has 0 fully saturated rings. The van der Waals surface area contributed by atoms with Crippen molar-refractivity contribution in [3.05, 3.63) is 49.9 Å². The summed E-state index contributed by atoms with van der Waals surface area (Å²) in [6.07, 6.45) is 2.76. The number of nitrogens with zero attached hydrogens (tertiary/aromatic N) is 1. The maximum atomic E-state index is 11.7. The van der Waals surface area contributed by atoms with Crippen LogP contribution in [0.5, 0.6) is 5.75 Å². The Balaban J connectivity index is 2.27. The average Bonchev–Trinajstić information content (AvgIpc) is 2.52. The molecule has 24 heavy (non-hydrogen) atoms. The molecule has 0 aromatic heterocycles. The molecule has 0 aliphatic carbocycles. The predicted molar refractivity (Wildman–Crippen MR) is 106 cm³/mol. The number of aromatic hydroxyl groups is 1. The number of nitrogens with one attached hydrogen (secondary N) is 1. The molecule has 7 heteroatoms. The Morgan fingerprint density at radius 2 is 2.08 bits per heavy atom. The molecule has 0 saturated heterocycles. The number of carbonyl (C=O) groups excluding carboxylic acids is 1. The summed E-state index contributed by atoms with van der Waals surface area (Å²) >= 11 is 12.8. The number of hydrogen-bond acceptors (Lipinski definition) is 3. The van der Waals surface area contributed by atoms with Gasteiger partial charge in [0, 0.05) is 28.4 Å². The minimum atomic E-state index is -0.0525. The highest BCUT2D eigenvalue weighted by Gasteiger charge is 2.07. The van der Waals surface area contributed by atoms with Gasteiger partial charge in [0.25, 0.3) is 0 Å². The van der Waals surface area contributed by atoms with Crippen molar-refractivity contribution < 1.29 is 9.90 Å². The number of rotatable bonds is 5. The second kappa shape index (κ2) is 8.65. The molecule has 2 aromatic rings. The van der Waals surface area contributed by atoms with E-state index in [-0.39, 0.29) is 11.7 Å². The van der Waals surface area contributed by atoms with Gasteiger partial charge < -0.3 is 10.4 Å². The maximum absolute atomic E-state index is 11.7. The molecular formula is C17H15Br2ClN2O2. The first-order chi connectivity index (χ1) is 11.4. The Morgan fingerprint density at radius 3 is 2.79 bits per heavy atom. The summed E-state index contributed by atoms with van der Waals surface area (Å²) in [5.41, 5.74) is 1.67. The lowest BCUT2D eigenvalue weighted by atomic mass is 10.2. The topological polar surface area (TPSA) is 61.7 Å². The molecule has 1 amide bonds. The summed E-state index contributed by atoms with van der Waals surface area (Å²) in [5.74, 6) is 0.0359. The van der Waals surface area contributed by atoms with E-state index in [0.717, 1.165) is 10.9 Å². The van der Waals surface area contributed by atoms with Crippen LogP contribution in [0.15, 0.2) is 44.3 Å². The third-order valence-corrected chi connectivity index (χ3v) is 4.49. The van der Waals surface area contributed by atoms with E-state index in [9.17, 15) is 9.90 Å². The van der Waals surface area contributed by atoms with Crippen LogP contribution in [0.1, 0.15) is 25.3 Å². The summed E-state index contributed by atoms with van der Waals surface area (Å²) in [6, 6.07) is 8.57. The molecule has 0 heterocycles. The first-order valence-electron chi connectivity index (χ1n) is 7.22. The first kappa shape index (κ1) is 19.0. The van der Waals surface area contributed by atoms with Gasteiger partial charge in [-0.25, -0.2) is 0 Å². The number of carbonyl (C=O) groups is 1. The summed E-state index contributed by atoms with van der Waals surface area (Å²) < 4.78 is 1.37. The Bertz CT molecular complexity index is 794. The Hall–Kier alpha value is -1.37. The van der Waals surface area contributed by atoms with E-state index in [1.165, 1.54) is 6.21 Å². The Kier molecular flexibility index (Phi) is 6.83. The molecule has 0 unspecified atom stereocenters. The van der Waals surface area contributed by atoms with Crippen molar-refractivity contribution in [3.63, 3.8) is 0 Å². The van der Waals surface area contributed by atoms with Crippen molar-refractivity contribution >= 4 is 67.0 Å². The molecule has 0 aliphatic heterocycles. The number of amides is 1. The molecule has 2 rings (SSSR count). The summed E-state index contributed by atoms with van der Waals surface area (Å²) in [4.78, 5) is 16.0. The number of anilines is 1. The van der Waals surface area contributed by atoms with Gasteiger partial charge in [-0.05, 0) is 52.7 Å². The average molecular weight is 475 g/mol. The van der Waals surface area contributed by atoms with E-state index in [1.807, 2.05) is 6.92 Å². The normalized spacial score (nSPS) is 11.0. The third kappa shape index (κ3) is 5.06. The van der Waals surface area contributed by atoms with Crippen LogP contribution in [0, 0.1) is 0 Å². The highest BCUT2D eigenvalue weighted by atomic mass is 79.9. The molecule has 0 aliphatic rings. The standard InChI is InChI=1S/C17H15Br2ClN2O2/c1-2-3-16(23)22-12-4-5-14(20)15(8-12)21-9-10-6-11(18)7-13(19)17(10)24/h4-9,24H,2-3H2,1H3,(H,22,23). The minimum Gasteiger partial charge on any atom is -0.506 e. The highest BCUT2D eigenvalue weighted by molar-refractivity contribution is 9.11. The molecule has 0 spiro atoms. The van der Waals surface area contributed by atoms with Crippen LogP contribution in [0.4, 0.5) is 11.4 Å². The first-order valence-corrected chi connectivity index (χ1v) is 9.18. The van der Waals surface area contributed by atoms with Crippen molar-refractivity contribution in [3.8, 4) is 5.75 Å². The Labute approximate surface area is 162 Å². The number of phenolic OH excluding ortho intramolecular Hbond substituents is 1. The third-order valence-electron chi connectivity index (χ3n) is 3.11. The van der Waals surface area contributed by atoms with Gasteiger partial charge in [0.1, 0.15) is 5.75 Å². The maximum Gasteiger partial charge on any atom is 0.224 e. The summed E-state index contributed by atoms with van der Waals surface area (Å²) in [7, 11) is 0. The second-order valence-corrected chi connectivity index (χ2v) is 7.23. The number of benzene rings is 2. The molecule has 0 radical (unpaired) electrons. The van der Waals surface area contributed by atoms with Crippen molar-refractivity contribution in [1.82, 2.24) is 0 Å². The minimum absolute atomic E-state index is 0.0525. The van der Waals surface area contributed by atoms with E-state index in [0.29, 0.717) is 32.9 Å². The number of halogens is 3. The van der Waals surface area contributed by atoms with Crippen LogP contribution in [-0.4, -0.2) is 17.2 Å². The lowest BCUT2D eigenvalue weighted by Gasteiger charge is -2.07. The fourth-order valence-electron chi connectivity index (χ4n) is 1.96. The van der Waals surface area contributed by atoms with Gasteiger partial charge in [-0.2, -0.15) is 0 Å². The van der Waals surface area contributed by atoms with Gasteiger partial charge in [-0.3, -0.25) is 9.79 Å². The molecule has 0 bridgehead atoms. The lowest BCUT2D eigenvalue weighted by molar-refractivity contribution is -0.116. The van der Waals surface area contributed by atoms with Gasteiger partial charge >= 0.3 is 0 Å². The number of aliphatic imine (C=N–C) groups is 1. The zero-order valence-electron chi connectivity index (χ0n) is 12.8. The molecule has 2 N–H and O–H groups in total. The van der Waals surface area contributed by atoms with Crippen LogP contribution in [0.25, 0.3) is 0 Å². The Morgan fingerprint density at radius 1 is 1.33 bits per heavy atom. The van der Waals surface area contributed by atoms with Crippen molar-refractivity contribution in [2.75, 3.05) is 5.32 Å². The van der Waals surface area contributed by atoms with Crippen molar-refractivity contribution in [2.24, 2.45) is 4.99 Å².